The number of hydrogen-bond donors (Lipinski definition) is 1. The van der Waals surface area contributed by atoms with Crippen LogP contribution in [0.3, 0.4) is 0 Å². The molecule has 1 N–H and O–H groups in total. The zero-order valence-corrected chi connectivity index (χ0v) is 17.1. The molecule has 25 heavy (non-hydrogen) atoms. The van der Waals surface area contributed by atoms with Crippen LogP contribution in [0.15, 0.2) is 58.7 Å². The normalized spacial score (nSPS) is 18.5. The summed E-state index contributed by atoms with van der Waals surface area (Å²) in [6, 6.07) is 0. The molecule has 0 aromatic carbocycles. The minimum Gasteiger partial charge on any atom is -0.478 e. The first-order valence-electron chi connectivity index (χ1n) is 9.28. The van der Waals surface area contributed by atoms with Gasteiger partial charge in [0.15, 0.2) is 0 Å². The number of carbonyl (C=O) groups is 1. The van der Waals surface area contributed by atoms with Crippen molar-refractivity contribution in [2.24, 2.45) is 5.41 Å². The van der Waals surface area contributed by atoms with Crippen LogP contribution in [0.25, 0.3) is 0 Å². The molecule has 1 rings (SSSR count). The van der Waals surface area contributed by atoms with E-state index in [9.17, 15) is 4.79 Å². The zero-order chi connectivity index (χ0) is 19.5. The molecule has 0 aromatic rings. The molecule has 0 amide bonds. The van der Waals surface area contributed by atoms with E-state index in [1.54, 1.807) is 13.0 Å². The second-order valence-electron chi connectivity index (χ2n) is 7.47. The Morgan fingerprint density at radius 2 is 1.76 bits per heavy atom. The van der Waals surface area contributed by atoms with Crippen molar-refractivity contribution < 1.29 is 9.90 Å². The molecule has 0 saturated heterocycles. The number of carboxylic acids is 1. The van der Waals surface area contributed by atoms with Gasteiger partial charge >= 0.3 is 5.97 Å². The van der Waals surface area contributed by atoms with Gasteiger partial charge in [-0.25, -0.2) is 4.79 Å². The Kier molecular flexibility index (Phi) is 10.8. The lowest BCUT2D eigenvalue weighted by molar-refractivity contribution is -0.131. The van der Waals surface area contributed by atoms with Crippen LogP contribution in [0, 0.1) is 5.41 Å². The highest BCUT2D eigenvalue weighted by Crippen LogP contribution is 2.40. The molecule has 0 heterocycles. The second-order valence-corrected chi connectivity index (χ2v) is 7.47. The minimum atomic E-state index is -0.912. The van der Waals surface area contributed by atoms with E-state index in [4.69, 9.17) is 5.11 Å². The summed E-state index contributed by atoms with van der Waals surface area (Å²) in [7, 11) is 0. The standard InChI is InChI=1S/C20H28O2.C3H8/c1-15(8-6-9-16(2)14-19(21)22)11-12-18-17(3)10-7-13-20(18,4)5;1-3-2/h6,8-9,11-12,14H,7,10,13H2,1-5H3,(H,21,22);3H2,1-2H3/b9-6+,12-11+,15-8+,16-14+;. The molecule has 140 valence electrons. The predicted octanol–water partition coefficient (Wildman–Crippen LogP) is 7.02. The van der Waals surface area contributed by atoms with Crippen molar-refractivity contribution in [3.05, 3.63) is 58.7 Å². The lowest BCUT2D eigenvalue weighted by atomic mass is 9.72. The van der Waals surface area contributed by atoms with Crippen LogP contribution in [-0.4, -0.2) is 11.1 Å². The SMILES string of the molecule is CC1=C(/C=C/C(C)=C/C=C/C(C)=C/C(=O)O)C(C)(C)CCC1.CCC. The Hall–Kier alpha value is -1.83. The van der Waals surface area contributed by atoms with Crippen molar-refractivity contribution in [1.82, 2.24) is 0 Å². The fraction of sp³-hybridized carbons (Fsp3) is 0.522. The number of allylic oxidation sites excluding steroid dienone is 9. The minimum absolute atomic E-state index is 0.260. The molecule has 0 saturated carbocycles. The van der Waals surface area contributed by atoms with Crippen LogP contribution in [-0.2, 0) is 4.79 Å². The van der Waals surface area contributed by atoms with Gasteiger partial charge in [-0.05, 0) is 56.6 Å². The highest BCUT2D eigenvalue weighted by Gasteiger charge is 2.26. The van der Waals surface area contributed by atoms with Gasteiger partial charge in [-0.1, -0.05) is 75.6 Å². The Morgan fingerprint density at radius 1 is 1.16 bits per heavy atom. The summed E-state index contributed by atoms with van der Waals surface area (Å²) < 4.78 is 0. The van der Waals surface area contributed by atoms with Crippen molar-refractivity contribution in [2.45, 2.75) is 74.1 Å². The van der Waals surface area contributed by atoms with E-state index in [1.165, 1.54) is 42.9 Å². The maximum Gasteiger partial charge on any atom is 0.328 e. The van der Waals surface area contributed by atoms with Crippen LogP contribution < -0.4 is 0 Å². The first-order valence-corrected chi connectivity index (χ1v) is 9.28. The summed E-state index contributed by atoms with van der Waals surface area (Å²) in [4.78, 5) is 10.5. The molecule has 0 unspecified atom stereocenters. The van der Waals surface area contributed by atoms with E-state index in [-0.39, 0.29) is 5.41 Å². The summed E-state index contributed by atoms with van der Waals surface area (Å²) >= 11 is 0. The first kappa shape index (κ1) is 23.2. The molecular formula is C23H36O2. The summed E-state index contributed by atoms with van der Waals surface area (Å²) in [5.41, 5.74) is 5.09. The molecule has 0 fully saturated rings. The van der Waals surface area contributed by atoms with Gasteiger partial charge in [0.25, 0.3) is 0 Å². The first-order chi connectivity index (χ1) is 11.6. The molecule has 0 atom stereocenters. The van der Waals surface area contributed by atoms with E-state index in [2.05, 4.69) is 53.7 Å². The third kappa shape index (κ3) is 9.91. The van der Waals surface area contributed by atoms with Crippen molar-refractivity contribution in [3.63, 3.8) is 0 Å². The topological polar surface area (TPSA) is 37.3 Å². The van der Waals surface area contributed by atoms with Crippen LogP contribution >= 0.6 is 0 Å². The molecule has 0 aromatic heterocycles. The maximum absolute atomic E-state index is 10.5. The Morgan fingerprint density at radius 3 is 2.28 bits per heavy atom. The van der Waals surface area contributed by atoms with Gasteiger partial charge in [-0.2, -0.15) is 0 Å². The van der Waals surface area contributed by atoms with Gasteiger partial charge in [0.1, 0.15) is 0 Å². The average Bonchev–Trinajstić information content (AvgIpc) is 2.46. The Labute approximate surface area is 154 Å². The van der Waals surface area contributed by atoms with E-state index in [0.29, 0.717) is 0 Å². The third-order valence-electron chi connectivity index (χ3n) is 4.12. The fourth-order valence-corrected chi connectivity index (χ4v) is 2.88. The monoisotopic (exact) mass is 344 g/mol. The lowest BCUT2D eigenvalue weighted by Crippen LogP contribution is -2.19. The van der Waals surface area contributed by atoms with Crippen LogP contribution in [0.4, 0.5) is 0 Å². The summed E-state index contributed by atoms with van der Waals surface area (Å²) in [5, 5.41) is 8.65. The summed E-state index contributed by atoms with van der Waals surface area (Å²) in [5.74, 6) is -0.912. The van der Waals surface area contributed by atoms with E-state index >= 15 is 0 Å². The molecular weight excluding hydrogens is 308 g/mol. The predicted molar refractivity (Wildman–Crippen MR) is 110 cm³/mol. The van der Waals surface area contributed by atoms with Gasteiger partial charge in [-0.3, -0.25) is 0 Å². The smallest absolute Gasteiger partial charge is 0.328 e. The van der Waals surface area contributed by atoms with Gasteiger partial charge in [0.2, 0.25) is 0 Å². The van der Waals surface area contributed by atoms with Crippen LogP contribution in [0.2, 0.25) is 0 Å². The zero-order valence-electron chi connectivity index (χ0n) is 17.1. The molecule has 2 heteroatoms. The third-order valence-corrected chi connectivity index (χ3v) is 4.12. The quantitative estimate of drug-likeness (QED) is 0.430. The largest absolute Gasteiger partial charge is 0.478 e. The number of carboxylic acid groups (broad SMARTS) is 1. The van der Waals surface area contributed by atoms with Gasteiger partial charge in [0.05, 0.1) is 0 Å². The van der Waals surface area contributed by atoms with Gasteiger partial charge in [-0.15, -0.1) is 0 Å². The van der Waals surface area contributed by atoms with Crippen LogP contribution in [0.5, 0.6) is 0 Å². The van der Waals surface area contributed by atoms with Crippen molar-refractivity contribution in [3.8, 4) is 0 Å². The van der Waals surface area contributed by atoms with Crippen LogP contribution in [0.1, 0.15) is 74.1 Å². The molecule has 0 spiro atoms. The molecule has 1 aliphatic rings. The van der Waals surface area contributed by atoms with Gasteiger partial charge in [0, 0.05) is 6.08 Å². The van der Waals surface area contributed by atoms with Crippen molar-refractivity contribution in [2.75, 3.05) is 0 Å². The summed E-state index contributed by atoms with van der Waals surface area (Å²) in [6.07, 6.45) is 16.3. The average molecular weight is 345 g/mol. The number of rotatable bonds is 5. The fourth-order valence-electron chi connectivity index (χ4n) is 2.88. The maximum atomic E-state index is 10.5. The highest BCUT2D eigenvalue weighted by atomic mass is 16.4. The Bertz CT molecular complexity index is 581. The second kappa shape index (κ2) is 11.7. The van der Waals surface area contributed by atoms with E-state index in [1.807, 2.05) is 12.2 Å². The van der Waals surface area contributed by atoms with E-state index < -0.39 is 5.97 Å². The lowest BCUT2D eigenvalue weighted by Gasteiger charge is -2.32. The van der Waals surface area contributed by atoms with Crippen molar-refractivity contribution >= 4 is 5.97 Å². The van der Waals surface area contributed by atoms with E-state index in [0.717, 1.165) is 11.1 Å². The number of aliphatic carboxylic acids is 1. The van der Waals surface area contributed by atoms with Gasteiger partial charge < -0.3 is 5.11 Å². The number of hydrogen-bond acceptors (Lipinski definition) is 1. The highest BCUT2D eigenvalue weighted by molar-refractivity contribution is 5.81. The molecule has 0 bridgehead atoms. The molecule has 0 radical (unpaired) electrons. The Balaban J connectivity index is 0.00000178. The van der Waals surface area contributed by atoms with Crippen molar-refractivity contribution in [1.29, 1.82) is 0 Å². The molecule has 1 aliphatic carbocycles. The summed E-state index contributed by atoms with van der Waals surface area (Å²) in [6.45, 7) is 15.0. The molecule has 0 aliphatic heterocycles. The molecule has 2 nitrogen and oxygen atoms in total.